The van der Waals surface area contributed by atoms with Crippen molar-refractivity contribution in [2.75, 3.05) is 0 Å². The minimum atomic E-state index is -0.716. The Morgan fingerprint density at radius 1 is 1.16 bits per heavy atom. The third kappa shape index (κ3) is 5.62. The second-order valence-electron chi connectivity index (χ2n) is 5.79. The van der Waals surface area contributed by atoms with Crippen LogP contribution < -0.4 is 5.32 Å². The second kappa shape index (κ2) is 8.18. The number of nitrogens with one attached hydrogen (secondary N) is 1. The van der Waals surface area contributed by atoms with E-state index in [-0.39, 0.29) is 23.8 Å². The highest BCUT2D eigenvalue weighted by Crippen LogP contribution is 2.29. The lowest BCUT2D eigenvalue weighted by Crippen LogP contribution is -2.39. The monoisotopic (exact) mass is 269 g/mol. The van der Waals surface area contributed by atoms with Gasteiger partial charge in [-0.05, 0) is 39.0 Å². The summed E-state index contributed by atoms with van der Waals surface area (Å²) in [5.74, 6) is -0.824. The van der Waals surface area contributed by atoms with Crippen LogP contribution in [0.1, 0.15) is 65.2 Å². The van der Waals surface area contributed by atoms with Crippen molar-refractivity contribution in [1.82, 2.24) is 5.32 Å². The van der Waals surface area contributed by atoms with E-state index in [1.54, 1.807) is 0 Å². The van der Waals surface area contributed by atoms with Crippen molar-refractivity contribution in [2.24, 2.45) is 11.8 Å². The number of unbranched alkanes of at least 4 members (excludes halogenated alkanes) is 2. The first kappa shape index (κ1) is 16.0. The summed E-state index contributed by atoms with van der Waals surface area (Å²) < 4.78 is 0. The smallest absolute Gasteiger partial charge is 0.306 e. The molecule has 1 rings (SSSR count). The van der Waals surface area contributed by atoms with Gasteiger partial charge in [0.2, 0.25) is 5.91 Å². The summed E-state index contributed by atoms with van der Waals surface area (Å²) in [6.45, 7) is 4.22. The van der Waals surface area contributed by atoms with Crippen LogP contribution in [-0.2, 0) is 9.59 Å². The van der Waals surface area contributed by atoms with Crippen LogP contribution >= 0.6 is 0 Å². The summed E-state index contributed by atoms with van der Waals surface area (Å²) >= 11 is 0. The first-order chi connectivity index (χ1) is 9.04. The molecule has 1 aliphatic carbocycles. The van der Waals surface area contributed by atoms with Crippen LogP contribution in [0.2, 0.25) is 0 Å². The average Bonchev–Trinajstić information content (AvgIpc) is 2.39. The first-order valence-electron chi connectivity index (χ1n) is 7.57. The number of carbonyl (C=O) groups is 2. The predicted octanol–water partition coefficient (Wildman–Crippen LogP) is 2.96. The van der Waals surface area contributed by atoms with E-state index in [1.807, 2.05) is 0 Å². The van der Waals surface area contributed by atoms with Crippen LogP contribution in [0.4, 0.5) is 0 Å². The molecule has 0 aromatic rings. The molecule has 0 aromatic heterocycles. The van der Waals surface area contributed by atoms with E-state index in [0.717, 1.165) is 12.8 Å². The highest BCUT2D eigenvalue weighted by atomic mass is 16.4. The molecular weight excluding hydrogens is 242 g/mol. The van der Waals surface area contributed by atoms with Gasteiger partial charge in [-0.2, -0.15) is 0 Å². The van der Waals surface area contributed by atoms with Crippen molar-refractivity contribution in [3.8, 4) is 0 Å². The average molecular weight is 269 g/mol. The molecule has 1 amide bonds. The van der Waals surface area contributed by atoms with Gasteiger partial charge in [0, 0.05) is 12.0 Å². The maximum absolute atomic E-state index is 12.1. The molecule has 0 spiro atoms. The van der Waals surface area contributed by atoms with Crippen LogP contribution in [0.15, 0.2) is 0 Å². The Morgan fingerprint density at radius 2 is 1.74 bits per heavy atom. The van der Waals surface area contributed by atoms with Gasteiger partial charge >= 0.3 is 5.97 Å². The summed E-state index contributed by atoms with van der Waals surface area (Å²) in [5.41, 5.74) is 0. The molecule has 1 unspecified atom stereocenters. The zero-order valence-electron chi connectivity index (χ0n) is 12.2. The summed E-state index contributed by atoms with van der Waals surface area (Å²) in [6, 6.07) is 0.233. The largest absolute Gasteiger partial charge is 0.481 e. The Labute approximate surface area is 116 Å². The molecule has 0 heterocycles. The molecule has 1 fully saturated rings. The van der Waals surface area contributed by atoms with E-state index in [9.17, 15) is 9.59 Å². The molecule has 1 aliphatic rings. The molecular formula is C15H27NO3. The van der Waals surface area contributed by atoms with Crippen LogP contribution in [0.5, 0.6) is 0 Å². The molecule has 4 heteroatoms. The number of aliphatic carboxylic acids is 1. The number of amides is 1. The van der Waals surface area contributed by atoms with Crippen LogP contribution in [-0.4, -0.2) is 23.0 Å². The molecule has 0 saturated heterocycles. The van der Waals surface area contributed by atoms with Gasteiger partial charge in [0.05, 0.1) is 5.92 Å². The minimum Gasteiger partial charge on any atom is -0.481 e. The van der Waals surface area contributed by atoms with Gasteiger partial charge in [0.1, 0.15) is 0 Å². The Kier molecular flexibility index (Phi) is 6.89. The number of hydrogen-bond donors (Lipinski definition) is 2. The summed E-state index contributed by atoms with van der Waals surface area (Å²) in [7, 11) is 0. The van der Waals surface area contributed by atoms with Crippen LogP contribution in [0.3, 0.4) is 0 Å². The highest BCUT2D eigenvalue weighted by Gasteiger charge is 2.29. The molecule has 19 heavy (non-hydrogen) atoms. The fourth-order valence-electron chi connectivity index (χ4n) is 2.74. The van der Waals surface area contributed by atoms with E-state index in [4.69, 9.17) is 5.11 Å². The maximum Gasteiger partial charge on any atom is 0.306 e. The zero-order valence-corrected chi connectivity index (χ0v) is 12.2. The lowest BCUT2D eigenvalue weighted by Gasteiger charge is -2.26. The summed E-state index contributed by atoms with van der Waals surface area (Å²) in [5, 5.41) is 12.0. The van der Waals surface area contributed by atoms with E-state index < -0.39 is 5.97 Å². The topological polar surface area (TPSA) is 66.4 Å². The van der Waals surface area contributed by atoms with Gasteiger partial charge in [-0.3, -0.25) is 9.59 Å². The number of carboxylic acid groups (broad SMARTS) is 1. The van der Waals surface area contributed by atoms with Crippen molar-refractivity contribution < 1.29 is 14.7 Å². The molecule has 0 bridgehead atoms. The van der Waals surface area contributed by atoms with E-state index >= 15 is 0 Å². The summed E-state index contributed by atoms with van der Waals surface area (Å²) in [6.07, 6.45) is 7.29. The van der Waals surface area contributed by atoms with Gasteiger partial charge in [0.15, 0.2) is 0 Å². The third-order valence-corrected chi connectivity index (χ3v) is 4.08. The molecule has 4 nitrogen and oxygen atoms in total. The lowest BCUT2D eigenvalue weighted by molar-refractivity contribution is -0.144. The fraction of sp³-hybridized carbons (Fsp3) is 0.867. The molecule has 1 saturated carbocycles. The maximum atomic E-state index is 12.1. The Balaban J connectivity index is 2.25. The highest BCUT2D eigenvalue weighted by molar-refractivity contribution is 5.79. The third-order valence-electron chi connectivity index (χ3n) is 4.08. The number of carbonyl (C=O) groups excluding carboxylic acids is 1. The van der Waals surface area contributed by atoms with Crippen LogP contribution in [0, 0.1) is 11.8 Å². The Morgan fingerprint density at radius 3 is 2.26 bits per heavy atom. The summed E-state index contributed by atoms with van der Waals surface area (Å²) in [4.78, 5) is 22.9. The SMILES string of the molecule is CCCCCC(C)NC(=O)C1CCC(C(=O)O)CC1. The van der Waals surface area contributed by atoms with Crippen LogP contribution in [0.25, 0.3) is 0 Å². The Bertz CT molecular complexity index is 296. The standard InChI is InChI=1S/C15H27NO3/c1-3-4-5-6-11(2)16-14(17)12-7-9-13(10-8-12)15(18)19/h11-13H,3-10H2,1-2H3,(H,16,17)(H,18,19). The second-order valence-corrected chi connectivity index (χ2v) is 5.79. The first-order valence-corrected chi connectivity index (χ1v) is 7.57. The van der Waals surface area contributed by atoms with Gasteiger partial charge in [-0.25, -0.2) is 0 Å². The van der Waals surface area contributed by atoms with E-state index in [0.29, 0.717) is 25.7 Å². The van der Waals surface area contributed by atoms with Gasteiger partial charge in [-0.1, -0.05) is 26.2 Å². The molecule has 0 aromatic carbocycles. The van der Waals surface area contributed by atoms with E-state index in [1.165, 1.54) is 12.8 Å². The normalized spacial score (nSPS) is 24.7. The Hall–Kier alpha value is -1.06. The van der Waals surface area contributed by atoms with E-state index in [2.05, 4.69) is 19.2 Å². The van der Waals surface area contributed by atoms with Gasteiger partial charge in [0.25, 0.3) is 0 Å². The lowest BCUT2D eigenvalue weighted by atomic mass is 9.81. The zero-order chi connectivity index (χ0) is 14.3. The van der Waals surface area contributed by atoms with Crippen molar-refractivity contribution in [3.05, 3.63) is 0 Å². The van der Waals surface area contributed by atoms with Crippen molar-refractivity contribution in [3.63, 3.8) is 0 Å². The van der Waals surface area contributed by atoms with Crippen molar-refractivity contribution in [2.45, 2.75) is 71.3 Å². The molecule has 1 atom stereocenters. The van der Waals surface area contributed by atoms with Crippen molar-refractivity contribution in [1.29, 1.82) is 0 Å². The number of rotatable bonds is 7. The van der Waals surface area contributed by atoms with Crippen molar-refractivity contribution >= 4 is 11.9 Å². The molecule has 0 aliphatic heterocycles. The molecule has 2 N–H and O–H groups in total. The predicted molar refractivity (Wildman–Crippen MR) is 74.8 cm³/mol. The minimum absolute atomic E-state index is 0.0178. The number of hydrogen-bond acceptors (Lipinski definition) is 2. The fourth-order valence-corrected chi connectivity index (χ4v) is 2.74. The quantitative estimate of drug-likeness (QED) is 0.698. The number of carboxylic acids is 1. The van der Waals surface area contributed by atoms with Gasteiger partial charge in [-0.15, -0.1) is 0 Å². The molecule has 110 valence electrons. The van der Waals surface area contributed by atoms with Gasteiger partial charge < -0.3 is 10.4 Å². The molecule has 0 radical (unpaired) electrons.